The minimum absolute atomic E-state index is 0.0225. The Labute approximate surface area is 212 Å². The van der Waals surface area contributed by atoms with E-state index in [2.05, 4.69) is 54.6 Å². The van der Waals surface area contributed by atoms with E-state index >= 15 is 0 Å². The SMILES string of the molecule is C=C(O/N=C(\N)c1cccc(C(=O)CCC(=O)OC)c1)c1ccc(-c2ccccc2C)c(CCC)c1. The minimum atomic E-state index is -0.429. The maximum atomic E-state index is 12.4. The van der Waals surface area contributed by atoms with Crippen LogP contribution in [0.2, 0.25) is 0 Å². The van der Waals surface area contributed by atoms with Gasteiger partial charge in [-0.3, -0.25) is 9.59 Å². The number of benzene rings is 3. The number of ketones is 1. The van der Waals surface area contributed by atoms with Crippen molar-refractivity contribution in [3.8, 4) is 11.1 Å². The van der Waals surface area contributed by atoms with Crippen molar-refractivity contribution in [3.05, 3.63) is 101 Å². The van der Waals surface area contributed by atoms with Crippen LogP contribution >= 0.6 is 0 Å². The summed E-state index contributed by atoms with van der Waals surface area (Å²) in [5.41, 5.74) is 12.8. The fourth-order valence-corrected chi connectivity index (χ4v) is 3.90. The molecule has 6 nitrogen and oxygen atoms in total. The number of nitrogens with zero attached hydrogens (tertiary/aromatic N) is 1. The molecule has 2 N–H and O–H groups in total. The summed E-state index contributed by atoms with van der Waals surface area (Å²) < 4.78 is 4.59. The Morgan fingerprint density at radius 2 is 1.67 bits per heavy atom. The van der Waals surface area contributed by atoms with E-state index in [1.165, 1.54) is 29.4 Å². The Kier molecular flexibility index (Phi) is 9.17. The fourth-order valence-electron chi connectivity index (χ4n) is 3.90. The summed E-state index contributed by atoms with van der Waals surface area (Å²) in [7, 11) is 1.29. The molecule has 0 heterocycles. The Morgan fingerprint density at radius 1 is 0.917 bits per heavy atom. The Balaban J connectivity index is 1.75. The number of nitrogens with two attached hydrogens (primary N) is 1. The number of amidine groups is 1. The van der Waals surface area contributed by atoms with Gasteiger partial charge in [0.15, 0.2) is 17.4 Å². The molecule has 0 spiro atoms. The van der Waals surface area contributed by atoms with Crippen LogP contribution in [0.15, 0.2) is 78.5 Å². The van der Waals surface area contributed by atoms with Crippen molar-refractivity contribution in [2.45, 2.75) is 39.5 Å². The molecule has 6 heteroatoms. The number of aryl methyl sites for hydroxylation is 2. The first-order chi connectivity index (χ1) is 17.3. The molecule has 3 aromatic carbocycles. The summed E-state index contributed by atoms with van der Waals surface area (Å²) in [6.07, 6.45) is 2.01. The molecule has 0 aliphatic rings. The lowest BCUT2D eigenvalue weighted by Gasteiger charge is -2.14. The van der Waals surface area contributed by atoms with Crippen LogP contribution in [0.5, 0.6) is 0 Å². The van der Waals surface area contributed by atoms with Gasteiger partial charge in [0.2, 0.25) is 0 Å². The summed E-state index contributed by atoms with van der Waals surface area (Å²) in [4.78, 5) is 29.3. The standard InChI is InChI=1S/C30H32N2O4/c1-5-9-23-18-22(14-15-27(23)26-13-7-6-10-20(26)2)21(3)36-32-30(31)25-12-8-11-24(19-25)28(33)16-17-29(34)35-4/h6-8,10-15,18-19H,3,5,9,16-17H2,1-2,4H3,(H2,31,32). The number of oxime groups is 1. The summed E-state index contributed by atoms with van der Waals surface area (Å²) in [5.74, 6) is -0.125. The molecule has 0 unspecified atom stereocenters. The van der Waals surface area contributed by atoms with E-state index in [4.69, 9.17) is 10.6 Å². The second kappa shape index (κ2) is 12.5. The van der Waals surface area contributed by atoms with Crippen LogP contribution in [0.3, 0.4) is 0 Å². The van der Waals surface area contributed by atoms with Crippen molar-refractivity contribution in [2.75, 3.05) is 7.11 Å². The number of rotatable bonds is 11. The minimum Gasteiger partial charge on any atom is -0.469 e. The third-order valence-electron chi connectivity index (χ3n) is 5.90. The first kappa shape index (κ1) is 26.4. The molecule has 0 aliphatic carbocycles. The smallest absolute Gasteiger partial charge is 0.305 e. The monoisotopic (exact) mass is 484 g/mol. The highest BCUT2D eigenvalue weighted by molar-refractivity contribution is 6.02. The molecule has 36 heavy (non-hydrogen) atoms. The zero-order valence-corrected chi connectivity index (χ0v) is 21.0. The van der Waals surface area contributed by atoms with E-state index < -0.39 is 5.97 Å². The maximum absolute atomic E-state index is 12.4. The van der Waals surface area contributed by atoms with Gasteiger partial charge in [0, 0.05) is 23.1 Å². The fraction of sp³-hybridized carbons (Fsp3) is 0.233. The molecule has 0 atom stereocenters. The zero-order valence-electron chi connectivity index (χ0n) is 21.0. The van der Waals surface area contributed by atoms with Gasteiger partial charge in [-0.05, 0) is 47.7 Å². The summed E-state index contributed by atoms with van der Waals surface area (Å²) >= 11 is 0. The summed E-state index contributed by atoms with van der Waals surface area (Å²) in [5, 5.41) is 4.04. The second-order valence-electron chi connectivity index (χ2n) is 8.51. The maximum Gasteiger partial charge on any atom is 0.305 e. The molecule has 3 aromatic rings. The lowest BCUT2D eigenvalue weighted by atomic mass is 9.92. The highest BCUT2D eigenvalue weighted by Gasteiger charge is 2.13. The number of carbonyl (C=O) groups is 2. The molecule has 186 valence electrons. The molecule has 0 aromatic heterocycles. The number of Topliss-reactive ketones (excluding diaryl/α,β-unsaturated/α-hetero) is 1. The van der Waals surface area contributed by atoms with Gasteiger partial charge in [0.25, 0.3) is 0 Å². The van der Waals surface area contributed by atoms with E-state index in [9.17, 15) is 9.59 Å². The average Bonchev–Trinajstić information content (AvgIpc) is 2.90. The van der Waals surface area contributed by atoms with Crippen LogP contribution in [-0.4, -0.2) is 24.7 Å². The molecule has 0 amide bonds. The quantitative estimate of drug-likeness (QED) is 0.0892. The van der Waals surface area contributed by atoms with Crippen LogP contribution in [0, 0.1) is 6.92 Å². The van der Waals surface area contributed by atoms with Gasteiger partial charge < -0.3 is 15.3 Å². The molecule has 0 saturated carbocycles. The highest BCUT2D eigenvalue weighted by Crippen LogP contribution is 2.30. The topological polar surface area (TPSA) is 91.0 Å². The Hall–Kier alpha value is -4.19. The van der Waals surface area contributed by atoms with Gasteiger partial charge >= 0.3 is 5.97 Å². The van der Waals surface area contributed by atoms with Crippen LogP contribution in [0.25, 0.3) is 16.9 Å². The third kappa shape index (κ3) is 6.69. The van der Waals surface area contributed by atoms with E-state index in [1.807, 2.05) is 18.2 Å². The highest BCUT2D eigenvalue weighted by atomic mass is 16.6. The van der Waals surface area contributed by atoms with Crippen molar-refractivity contribution in [3.63, 3.8) is 0 Å². The van der Waals surface area contributed by atoms with Gasteiger partial charge in [0.05, 0.1) is 13.5 Å². The number of hydrogen-bond donors (Lipinski definition) is 1. The first-order valence-electron chi connectivity index (χ1n) is 11.9. The van der Waals surface area contributed by atoms with Crippen molar-refractivity contribution in [1.82, 2.24) is 0 Å². The van der Waals surface area contributed by atoms with Crippen molar-refractivity contribution >= 4 is 23.3 Å². The van der Waals surface area contributed by atoms with Crippen molar-refractivity contribution in [1.29, 1.82) is 0 Å². The molecule has 0 aliphatic heterocycles. The van der Waals surface area contributed by atoms with E-state index in [0.717, 1.165) is 18.4 Å². The van der Waals surface area contributed by atoms with Crippen LogP contribution < -0.4 is 5.73 Å². The number of methoxy groups -OCH3 is 1. The Bertz CT molecular complexity index is 1290. The predicted molar refractivity (Wildman–Crippen MR) is 143 cm³/mol. The van der Waals surface area contributed by atoms with Crippen molar-refractivity contribution < 1.29 is 19.2 Å². The lowest BCUT2D eigenvalue weighted by molar-refractivity contribution is -0.140. The molecule has 3 rings (SSSR count). The Morgan fingerprint density at radius 3 is 2.39 bits per heavy atom. The third-order valence-corrected chi connectivity index (χ3v) is 5.90. The lowest BCUT2D eigenvalue weighted by Crippen LogP contribution is -2.15. The number of ether oxygens (including phenoxy) is 1. The van der Waals surface area contributed by atoms with Gasteiger partial charge in [-0.15, -0.1) is 0 Å². The van der Waals surface area contributed by atoms with Crippen LogP contribution in [0.4, 0.5) is 0 Å². The molecule has 0 saturated heterocycles. The average molecular weight is 485 g/mol. The number of esters is 1. The first-order valence-corrected chi connectivity index (χ1v) is 11.9. The second-order valence-corrected chi connectivity index (χ2v) is 8.51. The van der Waals surface area contributed by atoms with Gasteiger partial charge in [-0.1, -0.05) is 79.7 Å². The van der Waals surface area contributed by atoms with E-state index in [0.29, 0.717) is 16.9 Å². The van der Waals surface area contributed by atoms with Gasteiger partial charge in [-0.2, -0.15) is 0 Å². The van der Waals surface area contributed by atoms with E-state index in [-0.39, 0.29) is 24.5 Å². The summed E-state index contributed by atoms with van der Waals surface area (Å²) in [6, 6.07) is 21.2. The molecule has 0 radical (unpaired) electrons. The van der Waals surface area contributed by atoms with E-state index in [1.54, 1.807) is 24.3 Å². The van der Waals surface area contributed by atoms with Crippen molar-refractivity contribution in [2.24, 2.45) is 10.9 Å². The number of carbonyl (C=O) groups excluding carboxylic acids is 2. The molecular formula is C30H32N2O4. The zero-order chi connectivity index (χ0) is 26.1. The van der Waals surface area contributed by atoms with Crippen LogP contribution in [0.1, 0.15) is 58.8 Å². The van der Waals surface area contributed by atoms with Gasteiger partial charge in [-0.25, -0.2) is 0 Å². The summed E-state index contributed by atoms with van der Waals surface area (Å²) in [6.45, 7) is 8.29. The normalized spacial score (nSPS) is 11.1. The predicted octanol–water partition coefficient (Wildman–Crippen LogP) is 6.06. The van der Waals surface area contributed by atoms with Crippen LogP contribution in [-0.2, 0) is 20.8 Å². The molecule has 0 bridgehead atoms. The largest absolute Gasteiger partial charge is 0.469 e. The molecular weight excluding hydrogens is 452 g/mol. The number of hydrogen-bond acceptors (Lipinski definition) is 5. The van der Waals surface area contributed by atoms with Gasteiger partial charge in [0.1, 0.15) is 0 Å². The molecule has 0 fully saturated rings.